The van der Waals surface area contributed by atoms with Gasteiger partial charge >= 0.3 is 5.97 Å². The maximum Gasteiger partial charge on any atom is 0.325 e. The summed E-state index contributed by atoms with van der Waals surface area (Å²) in [6.07, 6.45) is 4.81. The third-order valence-electron chi connectivity index (χ3n) is 2.37. The van der Waals surface area contributed by atoms with Crippen molar-refractivity contribution in [2.24, 2.45) is 4.99 Å². The molecule has 2 N–H and O–H groups in total. The van der Waals surface area contributed by atoms with Gasteiger partial charge in [-0.1, -0.05) is 26.2 Å². The Labute approximate surface area is 140 Å². The van der Waals surface area contributed by atoms with Crippen molar-refractivity contribution in [3.05, 3.63) is 0 Å². The molecule has 0 aliphatic carbocycles. The van der Waals surface area contributed by atoms with Gasteiger partial charge in [0.1, 0.15) is 12.1 Å². The Morgan fingerprint density at radius 2 is 1.80 bits per heavy atom. The molecule has 0 aromatic heterocycles. The predicted molar refractivity (Wildman–Crippen MR) is 94.8 cm³/mol. The maximum atomic E-state index is 11.5. The largest absolute Gasteiger partial charge is 0.459 e. The second-order valence-corrected chi connectivity index (χ2v) is 5.50. The van der Waals surface area contributed by atoms with Gasteiger partial charge < -0.3 is 15.4 Å². The van der Waals surface area contributed by atoms with Crippen LogP contribution >= 0.6 is 24.0 Å². The molecule has 0 aromatic carbocycles. The van der Waals surface area contributed by atoms with Crippen molar-refractivity contribution in [2.45, 2.75) is 59.0 Å². The Balaban J connectivity index is 0. The number of aliphatic imine (C=N–C) groups is 1. The third-order valence-corrected chi connectivity index (χ3v) is 2.37. The van der Waals surface area contributed by atoms with E-state index in [0.29, 0.717) is 5.96 Å². The Hall–Kier alpha value is -0.530. The predicted octanol–water partition coefficient (Wildman–Crippen LogP) is 2.69. The van der Waals surface area contributed by atoms with Crippen molar-refractivity contribution >= 4 is 35.9 Å². The highest BCUT2D eigenvalue weighted by atomic mass is 127. The van der Waals surface area contributed by atoms with E-state index in [9.17, 15) is 4.79 Å². The standard InChI is InChI=1S/C14H29N3O2.HI/c1-6-7-8-9-10-16-13(15-5)17-11-12(18)19-14(2,3)4;/h6-11H2,1-5H3,(H2,15,16,17);1H. The fourth-order valence-electron chi connectivity index (χ4n) is 1.51. The molecule has 0 fully saturated rings. The van der Waals surface area contributed by atoms with Crippen LogP contribution in [0.4, 0.5) is 0 Å². The van der Waals surface area contributed by atoms with Crippen LogP contribution in [0.2, 0.25) is 0 Å². The van der Waals surface area contributed by atoms with Crippen LogP contribution in [0.3, 0.4) is 0 Å². The van der Waals surface area contributed by atoms with E-state index in [0.717, 1.165) is 13.0 Å². The zero-order valence-electron chi connectivity index (χ0n) is 13.4. The molecule has 0 bridgehead atoms. The number of hydrogen-bond donors (Lipinski definition) is 2. The molecule has 0 spiro atoms. The highest BCUT2D eigenvalue weighted by molar-refractivity contribution is 14.0. The number of nitrogens with one attached hydrogen (secondary N) is 2. The van der Waals surface area contributed by atoms with E-state index < -0.39 is 5.60 Å². The molecule has 6 heteroatoms. The molecule has 120 valence electrons. The summed E-state index contributed by atoms with van der Waals surface area (Å²) in [5.41, 5.74) is -0.449. The van der Waals surface area contributed by atoms with E-state index in [1.807, 2.05) is 20.8 Å². The summed E-state index contributed by atoms with van der Waals surface area (Å²) in [6, 6.07) is 0. The zero-order chi connectivity index (χ0) is 14.7. The van der Waals surface area contributed by atoms with Gasteiger partial charge in [-0.3, -0.25) is 9.79 Å². The fraction of sp³-hybridized carbons (Fsp3) is 0.857. The number of esters is 1. The average Bonchev–Trinajstić information content (AvgIpc) is 2.30. The molecule has 0 atom stereocenters. The van der Waals surface area contributed by atoms with E-state index in [-0.39, 0.29) is 36.5 Å². The molecule has 0 aliphatic rings. The number of carbonyl (C=O) groups is 1. The SMILES string of the molecule is CCCCCCNC(=NC)NCC(=O)OC(C)(C)C.I. The number of hydrogen-bond acceptors (Lipinski definition) is 3. The lowest BCUT2D eigenvalue weighted by atomic mass is 10.2. The van der Waals surface area contributed by atoms with E-state index in [1.54, 1.807) is 7.05 Å². The molecular formula is C14H30IN3O2. The first-order valence-corrected chi connectivity index (χ1v) is 7.05. The number of halogens is 1. The minimum absolute atomic E-state index is 0. The van der Waals surface area contributed by atoms with Crippen LogP contribution in [-0.2, 0) is 9.53 Å². The molecule has 0 rings (SSSR count). The zero-order valence-corrected chi connectivity index (χ0v) is 15.7. The number of nitrogens with zero attached hydrogens (tertiary/aromatic N) is 1. The molecule has 0 aromatic rings. The number of ether oxygens (including phenoxy) is 1. The first kappa shape index (κ1) is 21.8. The van der Waals surface area contributed by atoms with Crippen molar-refractivity contribution in [3.8, 4) is 0 Å². The molecule has 0 saturated heterocycles. The minimum atomic E-state index is -0.449. The van der Waals surface area contributed by atoms with Crippen LogP contribution in [0, 0.1) is 0 Å². The van der Waals surface area contributed by atoms with Crippen LogP contribution in [0.1, 0.15) is 53.4 Å². The Morgan fingerprint density at radius 1 is 1.15 bits per heavy atom. The van der Waals surface area contributed by atoms with Gasteiger partial charge in [0.15, 0.2) is 5.96 Å². The number of guanidine groups is 1. The Bertz CT molecular complexity index is 289. The molecule has 0 aliphatic heterocycles. The molecule has 5 nitrogen and oxygen atoms in total. The lowest BCUT2D eigenvalue weighted by Crippen LogP contribution is -2.42. The lowest BCUT2D eigenvalue weighted by Gasteiger charge is -2.20. The Kier molecular flexibility index (Phi) is 13.3. The average molecular weight is 399 g/mol. The van der Waals surface area contributed by atoms with Crippen molar-refractivity contribution in [2.75, 3.05) is 20.1 Å². The highest BCUT2D eigenvalue weighted by Gasteiger charge is 2.16. The first-order chi connectivity index (χ1) is 8.89. The van der Waals surface area contributed by atoms with Gasteiger partial charge in [-0.05, 0) is 27.2 Å². The molecule has 20 heavy (non-hydrogen) atoms. The Morgan fingerprint density at radius 3 is 2.30 bits per heavy atom. The van der Waals surface area contributed by atoms with Gasteiger partial charge in [-0.15, -0.1) is 24.0 Å². The molecular weight excluding hydrogens is 369 g/mol. The van der Waals surface area contributed by atoms with Crippen LogP contribution in [0.15, 0.2) is 4.99 Å². The van der Waals surface area contributed by atoms with Crippen LogP contribution in [0.5, 0.6) is 0 Å². The number of carbonyl (C=O) groups excluding carboxylic acids is 1. The summed E-state index contributed by atoms with van der Waals surface area (Å²) in [6.45, 7) is 8.75. The fourth-order valence-corrected chi connectivity index (χ4v) is 1.51. The van der Waals surface area contributed by atoms with Crippen molar-refractivity contribution < 1.29 is 9.53 Å². The van der Waals surface area contributed by atoms with E-state index >= 15 is 0 Å². The quantitative estimate of drug-likeness (QED) is 0.227. The second kappa shape index (κ2) is 12.2. The molecule has 0 saturated carbocycles. The second-order valence-electron chi connectivity index (χ2n) is 5.50. The molecule has 0 unspecified atom stereocenters. The first-order valence-electron chi connectivity index (χ1n) is 7.05. The van der Waals surface area contributed by atoms with Gasteiger partial charge in [-0.25, -0.2) is 0 Å². The summed E-state index contributed by atoms with van der Waals surface area (Å²) in [5, 5.41) is 6.12. The monoisotopic (exact) mass is 399 g/mol. The van der Waals surface area contributed by atoms with Gasteiger partial charge in [0.2, 0.25) is 0 Å². The highest BCUT2D eigenvalue weighted by Crippen LogP contribution is 2.06. The molecule has 0 radical (unpaired) electrons. The van der Waals surface area contributed by atoms with Gasteiger partial charge in [0, 0.05) is 13.6 Å². The summed E-state index contributed by atoms with van der Waals surface area (Å²) < 4.78 is 5.21. The summed E-state index contributed by atoms with van der Waals surface area (Å²) >= 11 is 0. The van der Waals surface area contributed by atoms with Gasteiger partial charge in [0.05, 0.1) is 0 Å². The van der Waals surface area contributed by atoms with Crippen LogP contribution in [0.25, 0.3) is 0 Å². The van der Waals surface area contributed by atoms with Crippen molar-refractivity contribution in [3.63, 3.8) is 0 Å². The minimum Gasteiger partial charge on any atom is -0.459 e. The summed E-state index contributed by atoms with van der Waals surface area (Å²) in [4.78, 5) is 15.6. The van der Waals surface area contributed by atoms with Crippen molar-refractivity contribution in [1.82, 2.24) is 10.6 Å². The number of unbranched alkanes of at least 4 members (excludes halogenated alkanes) is 3. The molecule has 0 amide bonds. The van der Waals surface area contributed by atoms with Crippen LogP contribution in [-0.4, -0.2) is 37.7 Å². The van der Waals surface area contributed by atoms with E-state index in [1.165, 1.54) is 19.3 Å². The molecule has 0 heterocycles. The lowest BCUT2D eigenvalue weighted by molar-refractivity contribution is -0.153. The smallest absolute Gasteiger partial charge is 0.325 e. The van der Waals surface area contributed by atoms with Crippen molar-refractivity contribution in [1.29, 1.82) is 0 Å². The maximum absolute atomic E-state index is 11.5. The summed E-state index contributed by atoms with van der Waals surface area (Å²) in [5.74, 6) is 0.365. The summed E-state index contributed by atoms with van der Waals surface area (Å²) in [7, 11) is 1.69. The van der Waals surface area contributed by atoms with E-state index in [4.69, 9.17) is 4.74 Å². The number of rotatable bonds is 7. The van der Waals surface area contributed by atoms with Gasteiger partial charge in [-0.2, -0.15) is 0 Å². The van der Waals surface area contributed by atoms with E-state index in [2.05, 4.69) is 22.5 Å². The normalized spacial score (nSPS) is 11.6. The van der Waals surface area contributed by atoms with Gasteiger partial charge in [0.25, 0.3) is 0 Å². The topological polar surface area (TPSA) is 62.7 Å². The third kappa shape index (κ3) is 13.9. The van der Waals surface area contributed by atoms with Crippen LogP contribution < -0.4 is 10.6 Å².